The minimum absolute atomic E-state index is 0.890. The van der Waals surface area contributed by atoms with Crippen molar-refractivity contribution < 1.29 is 0 Å². The molecule has 4 rings (SSSR count). The Morgan fingerprint density at radius 3 is 2.55 bits per heavy atom. The Hall–Kier alpha value is -1.76. The van der Waals surface area contributed by atoms with Gasteiger partial charge < -0.3 is 4.98 Å². The van der Waals surface area contributed by atoms with Crippen LogP contribution in [-0.2, 0) is 6.42 Å². The first-order chi connectivity index (χ1) is 9.92. The van der Waals surface area contributed by atoms with Crippen molar-refractivity contribution in [2.75, 3.05) is 0 Å². The van der Waals surface area contributed by atoms with Gasteiger partial charge in [0.2, 0.25) is 0 Å². The van der Waals surface area contributed by atoms with Crippen LogP contribution in [0.25, 0.3) is 21.8 Å². The number of nitrogens with one attached hydrogen (secondary N) is 1. The van der Waals surface area contributed by atoms with E-state index in [2.05, 4.69) is 47.4 Å². The molecule has 20 heavy (non-hydrogen) atoms. The van der Waals surface area contributed by atoms with E-state index in [1.54, 1.807) is 0 Å². The van der Waals surface area contributed by atoms with Crippen LogP contribution < -0.4 is 0 Å². The predicted molar refractivity (Wildman–Crippen MR) is 86.1 cm³/mol. The van der Waals surface area contributed by atoms with Gasteiger partial charge in [-0.2, -0.15) is 0 Å². The van der Waals surface area contributed by atoms with Gasteiger partial charge in [-0.15, -0.1) is 0 Å². The highest BCUT2D eigenvalue weighted by molar-refractivity contribution is 6.08. The van der Waals surface area contributed by atoms with Gasteiger partial charge >= 0.3 is 0 Å². The second-order valence-corrected chi connectivity index (χ2v) is 6.22. The van der Waals surface area contributed by atoms with Crippen molar-refractivity contribution in [3.63, 3.8) is 0 Å². The first-order valence-corrected chi connectivity index (χ1v) is 7.90. The normalized spacial score (nSPS) is 17.0. The van der Waals surface area contributed by atoms with Crippen molar-refractivity contribution in [1.29, 1.82) is 0 Å². The highest BCUT2D eigenvalue weighted by Gasteiger charge is 2.16. The summed E-state index contributed by atoms with van der Waals surface area (Å²) in [5.74, 6) is 0.890. The van der Waals surface area contributed by atoms with Crippen LogP contribution in [0.4, 0.5) is 0 Å². The van der Waals surface area contributed by atoms with E-state index >= 15 is 0 Å². The summed E-state index contributed by atoms with van der Waals surface area (Å²) in [5.41, 5.74) is 4.13. The molecule has 102 valence electrons. The van der Waals surface area contributed by atoms with E-state index in [0.717, 1.165) is 5.92 Å². The highest BCUT2D eigenvalue weighted by atomic mass is 14.7. The summed E-state index contributed by atoms with van der Waals surface area (Å²) in [7, 11) is 0. The number of hydrogen-bond acceptors (Lipinski definition) is 0. The predicted octanol–water partition coefficient (Wildman–Crippen LogP) is 5.44. The number of H-pyrrole nitrogens is 1. The first kappa shape index (κ1) is 12.0. The molecule has 1 heterocycles. The molecule has 0 bridgehead atoms. The van der Waals surface area contributed by atoms with E-state index in [4.69, 9.17) is 0 Å². The number of aromatic amines is 1. The molecule has 0 saturated heterocycles. The Balaban J connectivity index is 1.78. The zero-order valence-electron chi connectivity index (χ0n) is 11.9. The van der Waals surface area contributed by atoms with Gasteiger partial charge in [-0.1, -0.05) is 68.5 Å². The van der Waals surface area contributed by atoms with Crippen molar-refractivity contribution in [2.24, 2.45) is 5.92 Å². The molecule has 3 aromatic rings. The van der Waals surface area contributed by atoms with Crippen LogP contribution in [0.3, 0.4) is 0 Å². The van der Waals surface area contributed by atoms with E-state index < -0.39 is 0 Å². The van der Waals surface area contributed by atoms with E-state index in [9.17, 15) is 0 Å². The smallest absolute Gasteiger partial charge is 0.0497 e. The van der Waals surface area contributed by atoms with Crippen LogP contribution in [-0.4, -0.2) is 4.98 Å². The van der Waals surface area contributed by atoms with Gasteiger partial charge in [0.05, 0.1) is 0 Å². The minimum atomic E-state index is 0.890. The second kappa shape index (κ2) is 4.97. The standard InChI is InChI=1S/C19H21N/c1-2-7-14(8-3-1)13-15-9-6-11-17-16-10-4-5-12-18(16)20-19(15)17/h4-6,9-12,14,20H,1-3,7-8,13H2. The fourth-order valence-electron chi connectivity index (χ4n) is 3.81. The third-order valence-electron chi connectivity index (χ3n) is 4.86. The Labute approximate surface area is 120 Å². The van der Waals surface area contributed by atoms with Crippen molar-refractivity contribution in [1.82, 2.24) is 4.98 Å². The molecule has 0 spiro atoms. The number of fused-ring (bicyclic) bond motifs is 3. The lowest BCUT2D eigenvalue weighted by atomic mass is 9.84. The Morgan fingerprint density at radius 1 is 0.850 bits per heavy atom. The van der Waals surface area contributed by atoms with Gasteiger partial charge in [-0.3, -0.25) is 0 Å². The topological polar surface area (TPSA) is 15.8 Å². The minimum Gasteiger partial charge on any atom is -0.354 e. The van der Waals surface area contributed by atoms with Gasteiger partial charge in [0.15, 0.2) is 0 Å². The van der Waals surface area contributed by atoms with E-state index in [1.165, 1.54) is 65.9 Å². The molecule has 0 radical (unpaired) electrons. The van der Waals surface area contributed by atoms with Crippen molar-refractivity contribution in [2.45, 2.75) is 38.5 Å². The number of aromatic nitrogens is 1. The number of hydrogen-bond donors (Lipinski definition) is 1. The molecule has 1 N–H and O–H groups in total. The average Bonchev–Trinajstić information content (AvgIpc) is 2.88. The molecule has 0 amide bonds. The van der Waals surface area contributed by atoms with Crippen molar-refractivity contribution in [3.8, 4) is 0 Å². The lowest BCUT2D eigenvalue weighted by Gasteiger charge is -2.21. The largest absolute Gasteiger partial charge is 0.354 e. The Morgan fingerprint density at radius 2 is 1.65 bits per heavy atom. The molecular weight excluding hydrogens is 242 g/mol. The summed E-state index contributed by atoms with van der Waals surface area (Å²) in [6.45, 7) is 0. The molecule has 0 aliphatic heterocycles. The van der Waals surface area contributed by atoms with Crippen LogP contribution >= 0.6 is 0 Å². The summed E-state index contributed by atoms with van der Waals surface area (Å²) < 4.78 is 0. The van der Waals surface area contributed by atoms with Gasteiger partial charge in [-0.05, 0) is 24.0 Å². The zero-order valence-corrected chi connectivity index (χ0v) is 11.9. The van der Waals surface area contributed by atoms with Gasteiger partial charge in [0, 0.05) is 21.8 Å². The molecule has 1 aliphatic rings. The molecular formula is C19H21N. The summed E-state index contributed by atoms with van der Waals surface area (Å²) in [6.07, 6.45) is 8.35. The van der Waals surface area contributed by atoms with Crippen molar-refractivity contribution in [3.05, 3.63) is 48.0 Å². The van der Waals surface area contributed by atoms with Crippen LogP contribution in [0.1, 0.15) is 37.7 Å². The second-order valence-electron chi connectivity index (χ2n) is 6.22. The van der Waals surface area contributed by atoms with E-state index in [0.29, 0.717) is 0 Å². The Kier molecular flexibility index (Phi) is 2.99. The maximum absolute atomic E-state index is 3.64. The molecule has 1 aliphatic carbocycles. The monoisotopic (exact) mass is 263 g/mol. The number of rotatable bonds is 2. The highest BCUT2D eigenvalue weighted by Crippen LogP contribution is 2.32. The summed E-state index contributed by atoms with van der Waals surface area (Å²) in [4.78, 5) is 3.64. The van der Waals surface area contributed by atoms with Crippen LogP contribution in [0.15, 0.2) is 42.5 Å². The molecule has 0 atom stereocenters. The third kappa shape index (κ3) is 2.02. The fourth-order valence-corrected chi connectivity index (χ4v) is 3.81. The van der Waals surface area contributed by atoms with Crippen LogP contribution in [0, 0.1) is 5.92 Å². The van der Waals surface area contributed by atoms with Crippen LogP contribution in [0.5, 0.6) is 0 Å². The van der Waals surface area contributed by atoms with Gasteiger partial charge in [0.25, 0.3) is 0 Å². The Bertz CT molecular complexity index is 732. The lowest BCUT2D eigenvalue weighted by molar-refractivity contribution is 0.357. The maximum atomic E-state index is 3.64. The lowest BCUT2D eigenvalue weighted by Crippen LogP contribution is -2.09. The average molecular weight is 263 g/mol. The van der Waals surface area contributed by atoms with Gasteiger partial charge in [0.1, 0.15) is 0 Å². The molecule has 1 nitrogen and oxygen atoms in total. The fraction of sp³-hybridized carbons (Fsp3) is 0.368. The number of para-hydroxylation sites is 2. The SMILES string of the molecule is c1ccc2c(c1)[nH]c1c(CC3CCCCC3)cccc12. The van der Waals surface area contributed by atoms with Gasteiger partial charge in [-0.25, -0.2) is 0 Å². The maximum Gasteiger partial charge on any atom is 0.0497 e. The number of benzene rings is 2. The summed E-state index contributed by atoms with van der Waals surface area (Å²) in [5, 5.41) is 2.74. The van der Waals surface area contributed by atoms with Crippen LogP contribution in [0.2, 0.25) is 0 Å². The van der Waals surface area contributed by atoms with Crippen molar-refractivity contribution >= 4 is 21.8 Å². The van der Waals surface area contributed by atoms with E-state index in [-0.39, 0.29) is 0 Å². The molecule has 2 aromatic carbocycles. The molecule has 0 unspecified atom stereocenters. The van der Waals surface area contributed by atoms with E-state index in [1.807, 2.05) is 0 Å². The molecule has 1 fully saturated rings. The zero-order chi connectivity index (χ0) is 13.4. The first-order valence-electron chi connectivity index (χ1n) is 7.90. The third-order valence-corrected chi connectivity index (χ3v) is 4.86. The molecule has 1 aromatic heterocycles. The summed E-state index contributed by atoms with van der Waals surface area (Å²) >= 11 is 0. The summed E-state index contributed by atoms with van der Waals surface area (Å²) in [6, 6.07) is 15.4. The molecule has 1 heteroatoms. The quantitative estimate of drug-likeness (QED) is 0.633. The molecule has 1 saturated carbocycles.